The SMILES string of the molecule is O=C1CCCC2=C1[C@@H](c1ccc(OC(=O)c3ccc([N+](=O)[O-])cc3)cc1)C1=C(N2)c2ccccc2C1=O. The van der Waals surface area contributed by atoms with Crippen molar-refractivity contribution in [3.8, 4) is 5.75 Å². The van der Waals surface area contributed by atoms with Crippen molar-refractivity contribution in [1.29, 1.82) is 0 Å². The zero-order valence-corrected chi connectivity index (χ0v) is 19.5. The van der Waals surface area contributed by atoms with Crippen LogP contribution in [-0.2, 0) is 4.79 Å². The summed E-state index contributed by atoms with van der Waals surface area (Å²) in [7, 11) is 0. The number of nitrogens with zero attached hydrogens (tertiary/aromatic N) is 1. The van der Waals surface area contributed by atoms with Crippen molar-refractivity contribution in [1.82, 2.24) is 5.32 Å². The number of dihydropyridines is 1. The molecule has 3 aliphatic rings. The van der Waals surface area contributed by atoms with Crippen LogP contribution in [0, 0.1) is 10.1 Å². The van der Waals surface area contributed by atoms with Gasteiger partial charge in [0.2, 0.25) is 0 Å². The zero-order chi connectivity index (χ0) is 25.7. The van der Waals surface area contributed by atoms with Crippen molar-refractivity contribution >= 4 is 28.9 Å². The molecule has 0 fully saturated rings. The van der Waals surface area contributed by atoms with Gasteiger partial charge in [-0.25, -0.2) is 4.79 Å². The van der Waals surface area contributed by atoms with Gasteiger partial charge in [-0.05, 0) is 42.7 Å². The second-order valence-electron chi connectivity index (χ2n) is 9.15. The minimum Gasteiger partial charge on any atom is -0.423 e. The number of benzene rings is 3. The summed E-state index contributed by atoms with van der Waals surface area (Å²) < 4.78 is 5.45. The Morgan fingerprint density at radius 2 is 1.59 bits per heavy atom. The Kier molecular flexibility index (Phi) is 5.30. The Morgan fingerprint density at radius 1 is 0.892 bits per heavy atom. The lowest BCUT2D eigenvalue weighted by atomic mass is 9.75. The van der Waals surface area contributed by atoms with Crippen LogP contribution in [0.3, 0.4) is 0 Å². The van der Waals surface area contributed by atoms with E-state index in [1.54, 1.807) is 30.3 Å². The van der Waals surface area contributed by atoms with Gasteiger partial charge in [0.05, 0.1) is 16.2 Å². The smallest absolute Gasteiger partial charge is 0.343 e. The van der Waals surface area contributed by atoms with Crippen molar-refractivity contribution in [3.05, 3.63) is 122 Å². The number of nitro benzene ring substituents is 1. The number of carbonyl (C=O) groups excluding carboxylic acids is 3. The van der Waals surface area contributed by atoms with Gasteiger partial charge in [-0.1, -0.05) is 36.4 Å². The standard InChI is InChI=1S/C29H20N2O6/c32-23-7-3-6-22-25(23)24(26-27(30-22)20-4-1-2-5-21(20)28(26)33)16-10-14-19(15-11-16)37-29(34)17-8-12-18(13-9-17)31(35)36/h1-2,4-5,8-15,24,30H,3,6-7H2/t24-/m1/s1. The molecule has 0 radical (unpaired) electrons. The van der Waals surface area contributed by atoms with E-state index in [2.05, 4.69) is 5.32 Å². The molecule has 37 heavy (non-hydrogen) atoms. The van der Waals surface area contributed by atoms with E-state index in [4.69, 9.17) is 4.74 Å². The molecule has 0 bridgehead atoms. The molecule has 0 unspecified atom stereocenters. The zero-order valence-electron chi connectivity index (χ0n) is 19.5. The van der Waals surface area contributed by atoms with Crippen LogP contribution in [-0.4, -0.2) is 22.5 Å². The first-order valence-corrected chi connectivity index (χ1v) is 11.9. The molecule has 2 aliphatic carbocycles. The van der Waals surface area contributed by atoms with Crippen molar-refractivity contribution < 1.29 is 24.0 Å². The normalized spacial score (nSPS) is 18.1. The lowest BCUT2D eigenvalue weighted by Gasteiger charge is -2.33. The lowest BCUT2D eigenvalue weighted by molar-refractivity contribution is -0.384. The van der Waals surface area contributed by atoms with E-state index in [0.717, 1.165) is 35.4 Å². The number of fused-ring (bicyclic) bond motifs is 2. The third-order valence-corrected chi connectivity index (χ3v) is 7.00. The maximum absolute atomic E-state index is 13.5. The number of esters is 1. The number of carbonyl (C=O) groups is 3. The van der Waals surface area contributed by atoms with E-state index in [1.165, 1.54) is 24.3 Å². The minimum atomic E-state index is -0.650. The van der Waals surface area contributed by atoms with Gasteiger partial charge in [0, 0.05) is 52.4 Å². The highest BCUT2D eigenvalue weighted by atomic mass is 16.6. The van der Waals surface area contributed by atoms with Gasteiger partial charge in [-0.2, -0.15) is 0 Å². The minimum absolute atomic E-state index is 0.0303. The third-order valence-electron chi connectivity index (χ3n) is 7.00. The second-order valence-corrected chi connectivity index (χ2v) is 9.15. The van der Waals surface area contributed by atoms with Crippen molar-refractivity contribution in [2.45, 2.75) is 25.2 Å². The summed E-state index contributed by atoms with van der Waals surface area (Å²) in [5, 5.41) is 14.2. The average molecular weight is 492 g/mol. The first-order chi connectivity index (χ1) is 17.9. The van der Waals surface area contributed by atoms with Crippen LogP contribution in [0.5, 0.6) is 5.75 Å². The molecule has 0 aromatic heterocycles. The fourth-order valence-corrected chi connectivity index (χ4v) is 5.28. The first-order valence-electron chi connectivity index (χ1n) is 11.9. The summed E-state index contributed by atoms with van der Waals surface area (Å²) in [6, 6.07) is 19.4. The van der Waals surface area contributed by atoms with Gasteiger partial charge >= 0.3 is 5.97 Å². The van der Waals surface area contributed by atoms with Crippen molar-refractivity contribution in [2.24, 2.45) is 0 Å². The van der Waals surface area contributed by atoms with Crippen LogP contribution >= 0.6 is 0 Å². The largest absolute Gasteiger partial charge is 0.423 e. The summed E-state index contributed by atoms with van der Waals surface area (Å²) in [5.41, 5.74) is 5.08. The molecule has 8 heteroatoms. The number of hydrogen-bond acceptors (Lipinski definition) is 7. The Balaban J connectivity index is 1.33. The number of nitrogens with one attached hydrogen (secondary N) is 1. The third kappa shape index (κ3) is 3.74. The highest BCUT2D eigenvalue weighted by Crippen LogP contribution is 2.48. The maximum Gasteiger partial charge on any atom is 0.343 e. The predicted octanol–water partition coefficient (Wildman–Crippen LogP) is 5.12. The molecule has 0 amide bonds. The molecule has 1 heterocycles. The van der Waals surface area contributed by atoms with E-state index in [1.807, 2.05) is 18.2 Å². The summed E-state index contributed by atoms with van der Waals surface area (Å²) >= 11 is 0. The average Bonchev–Trinajstić information content (AvgIpc) is 3.20. The summed E-state index contributed by atoms with van der Waals surface area (Å²) in [5.74, 6) is -0.952. The van der Waals surface area contributed by atoms with Crippen LogP contribution < -0.4 is 10.1 Å². The molecule has 0 saturated carbocycles. The van der Waals surface area contributed by atoms with Gasteiger partial charge in [-0.3, -0.25) is 19.7 Å². The Bertz CT molecular complexity index is 1560. The fraction of sp³-hybridized carbons (Fsp3) is 0.138. The van der Waals surface area contributed by atoms with Crippen LogP contribution in [0.25, 0.3) is 5.70 Å². The van der Waals surface area contributed by atoms with Gasteiger partial charge in [0.25, 0.3) is 5.69 Å². The van der Waals surface area contributed by atoms with Crippen molar-refractivity contribution in [3.63, 3.8) is 0 Å². The molecule has 182 valence electrons. The lowest BCUT2D eigenvalue weighted by Crippen LogP contribution is -2.31. The number of Topliss-reactive ketones (excluding diaryl/α,β-unsaturated/α-hetero) is 2. The number of rotatable bonds is 4. The van der Waals surface area contributed by atoms with E-state index >= 15 is 0 Å². The number of ketones is 2. The van der Waals surface area contributed by atoms with Gasteiger partial charge in [0.15, 0.2) is 11.6 Å². The predicted molar refractivity (Wildman–Crippen MR) is 134 cm³/mol. The highest BCUT2D eigenvalue weighted by Gasteiger charge is 2.43. The fourth-order valence-electron chi connectivity index (χ4n) is 5.28. The quantitative estimate of drug-likeness (QED) is 0.233. The molecule has 1 aliphatic heterocycles. The number of nitro groups is 1. The molecular weight excluding hydrogens is 472 g/mol. The first kappa shape index (κ1) is 22.6. The number of ether oxygens (including phenoxy) is 1. The molecule has 1 N–H and O–H groups in total. The van der Waals surface area contributed by atoms with Crippen LogP contribution in [0.4, 0.5) is 5.69 Å². The Labute approximate surface area is 211 Å². The maximum atomic E-state index is 13.5. The topological polar surface area (TPSA) is 116 Å². The van der Waals surface area contributed by atoms with E-state index < -0.39 is 16.8 Å². The monoisotopic (exact) mass is 492 g/mol. The summed E-state index contributed by atoms with van der Waals surface area (Å²) in [6.45, 7) is 0. The van der Waals surface area contributed by atoms with Crippen LogP contribution in [0.1, 0.15) is 57.0 Å². The van der Waals surface area contributed by atoms with Crippen LogP contribution in [0.15, 0.2) is 89.6 Å². The molecular formula is C29H20N2O6. The second kappa shape index (κ2) is 8.67. The van der Waals surface area contributed by atoms with Crippen LogP contribution in [0.2, 0.25) is 0 Å². The summed E-state index contributed by atoms with van der Waals surface area (Å²) in [6.07, 6.45) is 1.93. The molecule has 3 aromatic rings. The molecule has 0 spiro atoms. The number of hydrogen-bond donors (Lipinski definition) is 1. The van der Waals surface area contributed by atoms with E-state index in [0.29, 0.717) is 23.1 Å². The van der Waals surface area contributed by atoms with Crippen molar-refractivity contribution in [2.75, 3.05) is 0 Å². The number of allylic oxidation sites excluding steroid dienone is 3. The Morgan fingerprint density at radius 3 is 2.30 bits per heavy atom. The van der Waals surface area contributed by atoms with E-state index in [9.17, 15) is 24.5 Å². The molecule has 3 aromatic carbocycles. The van der Waals surface area contributed by atoms with Gasteiger partial charge in [0.1, 0.15) is 5.75 Å². The summed E-state index contributed by atoms with van der Waals surface area (Å²) in [4.78, 5) is 49.4. The molecule has 6 rings (SSSR count). The highest BCUT2D eigenvalue weighted by molar-refractivity contribution is 6.23. The molecule has 8 nitrogen and oxygen atoms in total. The van der Waals surface area contributed by atoms with Gasteiger partial charge in [-0.15, -0.1) is 0 Å². The Hall–Kier alpha value is -4.85. The number of non-ortho nitro benzene ring substituents is 1. The molecule has 0 saturated heterocycles. The molecule has 1 atom stereocenters. The van der Waals surface area contributed by atoms with Gasteiger partial charge < -0.3 is 10.1 Å². The van der Waals surface area contributed by atoms with E-state index in [-0.39, 0.29) is 28.6 Å².